The molecular weight excluding hydrogens is 314 g/mol. The molecule has 0 unspecified atom stereocenters. The van der Waals surface area contributed by atoms with E-state index < -0.39 is 52.9 Å². The van der Waals surface area contributed by atoms with Gasteiger partial charge in [0, 0.05) is 18.5 Å². The van der Waals surface area contributed by atoms with Crippen LogP contribution in [0.5, 0.6) is 0 Å². The van der Waals surface area contributed by atoms with Gasteiger partial charge in [0.15, 0.2) is 0 Å². The van der Waals surface area contributed by atoms with E-state index in [1.807, 2.05) is 4.72 Å². The minimum absolute atomic E-state index is 0.0637. The molecule has 1 aromatic rings. The second kappa shape index (κ2) is 6.71. The van der Waals surface area contributed by atoms with E-state index in [0.29, 0.717) is 0 Å². The van der Waals surface area contributed by atoms with Crippen LogP contribution in [0, 0.1) is 12.7 Å². The first kappa shape index (κ1) is 17.9. The second-order valence-electron chi connectivity index (χ2n) is 4.48. The van der Waals surface area contributed by atoms with Crippen molar-refractivity contribution in [2.24, 2.45) is 0 Å². The summed E-state index contributed by atoms with van der Waals surface area (Å²) in [7, 11) is -4.13. The summed E-state index contributed by atoms with van der Waals surface area (Å²) in [4.78, 5) is -0.390. The maximum absolute atomic E-state index is 13.5. The second-order valence-corrected chi connectivity index (χ2v) is 6.21. The lowest BCUT2D eigenvalue weighted by Crippen LogP contribution is -2.27. The van der Waals surface area contributed by atoms with Gasteiger partial charge in [0.05, 0.1) is 11.5 Å². The molecule has 1 aromatic carbocycles. The Morgan fingerprint density at radius 1 is 1.29 bits per heavy atom. The van der Waals surface area contributed by atoms with Gasteiger partial charge >= 0.3 is 6.18 Å². The minimum atomic E-state index is -4.36. The van der Waals surface area contributed by atoms with Crippen LogP contribution in [0.4, 0.5) is 17.6 Å². The SMILES string of the molecule is Cc1c(F)cc(CO)cc1S(=O)(=O)NCCCC(F)(F)F. The summed E-state index contributed by atoms with van der Waals surface area (Å²) < 4.78 is 75.3. The monoisotopic (exact) mass is 329 g/mol. The Bertz CT molecular complexity index is 599. The molecule has 0 saturated heterocycles. The molecule has 9 heteroatoms. The van der Waals surface area contributed by atoms with Gasteiger partial charge in [-0.2, -0.15) is 13.2 Å². The van der Waals surface area contributed by atoms with Gasteiger partial charge in [-0.25, -0.2) is 17.5 Å². The van der Waals surface area contributed by atoms with Crippen LogP contribution in [0.25, 0.3) is 0 Å². The fourth-order valence-electron chi connectivity index (χ4n) is 1.65. The fraction of sp³-hybridized carbons (Fsp3) is 0.500. The quantitative estimate of drug-likeness (QED) is 0.621. The molecule has 0 amide bonds. The zero-order valence-electron chi connectivity index (χ0n) is 11.2. The molecule has 21 heavy (non-hydrogen) atoms. The maximum atomic E-state index is 13.5. The predicted molar refractivity (Wildman–Crippen MR) is 67.5 cm³/mol. The largest absolute Gasteiger partial charge is 0.392 e. The summed E-state index contributed by atoms with van der Waals surface area (Å²) in [5, 5.41) is 8.94. The van der Waals surface area contributed by atoms with Crippen molar-refractivity contribution in [3.05, 3.63) is 29.1 Å². The highest BCUT2D eigenvalue weighted by atomic mass is 32.2. The molecule has 0 heterocycles. The summed E-state index contributed by atoms with van der Waals surface area (Å²) in [6, 6.07) is 2.09. The zero-order chi connectivity index (χ0) is 16.3. The maximum Gasteiger partial charge on any atom is 0.389 e. The first-order valence-corrected chi connectivity index (χ1v) is 7.51. The minimum Gasteiger partial charge on any atom is -0.392 e. The lowest BCUT2D eigenvalue weighted by Gasteiger charge is -2.12. The highest BCUT2D eigenvalue weighted by Gasteiger charge is 2.27. The van der Waals surface area contributed by atoms with Crippen LogP contribution in [-0.4, -0.2) is 26.2 Å². The molecule has 0 radical (unpaired) electrons. The summed E-state index contributed by atoms with van der Waals surface area (Å²) in [6.45, 7) is 0.279. The number of aliphatic hydroxyl groups excluding tert-OH is 1. The van der Waals surface area contributed by atoms with Crippen molar-refractivity contribution in [1.29, 1.82) is 0 Å². The van der Waals surface area contributed by atoms with E-state index in [4.69, 9.17) is 5.11 Å². The molecule has 0 aliphatic carbocycles. The number of hydrogen-bond acceptors (Lipinski definition) is 3. The van der Waals surface area contributed by atoms with Crippen LogP contribution >= 0.6 is 0 Å². The Hall–Kier alpha value is -1.19. The van der Waals surface area contributed by atoms with Crippen molar-refractivity contribution in [2.45, 2.75) is 37.4 Å². The topological polar surface area (TPSA) is 66.4 Å². The highest BCUT2D eigenvalue weighted by Crippen LogP contribution is 2.22. The first-order chi connectivity index (χ1) is 9.57. The van der Waals surface area contributed by atoms with Crippen molar-refractivity contribution in [1.82, 2.24) is 4.72 Å². The fourth-order valence-corrected chi connectivity index (χ4v) is 3.03. The van der Waals surface area contributed by atoms with Crippen LogP contribution in [-0.2, 0) is 16.6 Å². The van der Waals surface area contributed by atoms with Crippen molar-refractivity contribution in [2.75, 3.05) is 6.54 Å². The lowest BCUT2D eigenvalue weighted by molar-refractivity contribution is -0.135. The third-order valence-corrected chi connectivity index (χ3v) is 4.34. The van der Waals surface area contributed by atoms with E-state index >= 15 is 0 Å². The number of hydrogen-bond donors (Lipinski definition) is 2. The van der Waals surface area contributed by atoms with E-state index in [0.717, 1.165) is 12.1 Å². The number of sulfonamides is 1. The van der Waals surface area contributed by atoms with E-state index in [2.05, 4.69) is 0 Å². The van der Waals surface area contributed by atoms with Crippen molar-refractivity contribution in [3.8, 4) is 0 Å². The number of nitrogens with one attached hydrogen (secondary N) is 1. The smallest absolute Gasteiger partial charge is 0.389 e. The third-order valence-electron chi connectivity index (χ3n) is 2.76. The van der Waals surface area contributed by atoms with Crippen molar-refractivity contribution in [3.63, 3.8) is 0 Å². The van der Waals surface area contributed by atoms with Gasteiger partial charge in [-0.3, -0.25) is 0 Å². The van der Waals surface area contributed by atoms with E-state index in [-0.39, 0.29) is 11.1 Å². The zero-order valence-corrected chi connectivity index (χ0v) is 12.0. The third kappa shape index (κ3) is 5.25. The molecular formula is C12H15F4NO3S. The van der Waals surface area contributed by atoms with Gasteiger partial charge in [0.1, 0.15) is 5.82 Å². The Labute approximate surface area is 119 Å². The lowest BCUT2D eigenvalue weighted by atomic mass is 10.1. The molecule has 0 saturated carbocycles. The van der Waals surface area contributed by atoms with Gasteiger partial charge in [0.2, 0.25) is 10.0 Å². The first-order valence-electron chi connectivity index (χ1n) is 6.03. The van der Waals surface area contributed by atoms with E-state index in [1.54, 1.807) is 0 Å². The molecule has 0 atom stereocenters. The van der Waals surface area contributed by atoms with E-state index in [1.165, 1.54) is 6.92 Å². The van der Waals surface area contributed by atoms with Gasteiger partial charge in [-0.1, -0.05) is 0 Å². The Kier molecular flexibility index (Phi) is 5.71. The van der Waals surface area contributed by atoms with E-state index in [9.17, 15) is 26.0 Å². The number of benzene rings is 1. The predicted octanol–water partition coefficient (Wildman–Crippen LogP) is 2.25. The summed E-state index contributed by atoms with van der Waals surface area (Å²) in [5.41, 5.74) is -0.0933. The summed E-state index contributed by atoms with van der Waals surface area (Å²) >= 11 is 0. The Morgan fingerprint density at radius 2 is 1.90 bits per heavy atom. The standard InChI is InChI=1S/C12H15F4NO3S/c1-8-10(13)5-9(7-18)6-11(8)21(19,20)17-4-2-3-12(14,15)16/h5-6,17-18H,2-4,7H2,1H3. The van der Waals surface area contributed by atoms with Crippen LogP contribution in [0.2, 0.25) is 0 Å². The van der Waals surface area contributed by atoms with Gasteiger partial charge in [0.25, 0.3) is 0 Å². The normalized spacial score (nSPS) is 12.7. The molecule has 2 N–H and O–H groups in total. The highest BCUT2D eigenvalue weighted by molar-refractivity contribution is 7.89. The molecule has 120 valence electrons. The number of halogens is 4. The number of rotatable bonds is 6. The number of aliphatic hydroxyl groups is 1. The summed E-state index contributed by atoms with van der Waals surface area (Å²) in [5.74, 6) is -0.808. The van der Waals surface area contributed by atoms with Gasteiger partial charge in [-0.15, -0.1) is 0 Å². The molecule has 0 spiro atoms. The van der Waals surface area contributed by atoms with Crippen LogP contribution in [0.3, 0.4) is 0 Å². The molecule has 0 aromatic heterocycles. The van der Waals surface area contributed by atoms with Crippen molar-refractivity contribution >= 4 is 10.0 Å². The van der Waals surface area contributed by atoms with Crippen LogP contribution in [0.15, 0.2) is 17.0 Å². The molecule has 1 rings (SSSR count). The van der Waals surface area contributed by atoms with Crippen LogP contribution in [0.1, 0.15) is 24.0 Å². The van der Waals surface area contributed by atoms with Gasteiger partial charge in [-0.05, 0) is 31.0 Å². The summed E-state index contributed by atoms with van der Waals surface area (Å²) in [6.07, 6.45) is -5.88. The molecule has 0 aliphatic heterocycles. The Morgan fingerprint density at radius 3 is 2.43 bits per heavy atom. The van der Waals surface area contributed by atoms with Gasteiger partial charge < -0.3 is 5.11 Å². The van der Waals surface area contributed by atoms with Crippen LogP contribution < -0.4 is 4.72 Å². The van der Waals surface area contributed by atoms with Crippen molar-refractivity contribution < 1.29 is 31.1 Å². The average Bonchev–Trinajstić information content (AvgIpc) is 2.36. The molecule has 0 bridgehead atoms. The molecule has 0 fully saturated rings. The Balaban J connectivity index is 2.86. The molecule has 4 nitrogen and oxygen atoms in total. The average molecular weight is 329 g/mol. The molecule has 0 aliphatic rings. The number of alkyl halides is 3.